The van der Waals surface area contributed by atoms with Gasteiger partial charge >= 0.3 is 0 Å². The van der Waals surface area contributed by atoms with Crippen LogP contribution in [0, 0.1) is 0 Å². The molecule has 1 aromatic carbocycles. The van der Waals surface area contributed by atoms with Crippen LogP contribution in [-0.4, -0.2) is 24.9 Å². The summed E-state index contributed by atoms with van der Waals surface area (Å²) in [5.74, 6) is 0.725. The number of carbonyl (C=O) groups is 1. The molecule has 18 heavy (non-hydrogen) atoms. The van der Waals surface area contributed by atoms with Crippen LogP contribution >= 0.6 is 11.3 Å². The number of Topliss-reactive ketones (excluding diaryl/α,β-unsaturated/α-hetero) is 1. The van der Waals surface area contributed by atoms with Crippen LogP contribution in [-0.2, 0) is 0 Å². The summed E-state index contributed by atoms with van der Waals surface area (Å²) in [6.45, 7) is 1.55. The summed E-state index contributed by atoms with van der Waals surface area (Å²) < 4.78 is 5.31. The molecular formula is C13H14N2O2S. The van der Waals surface area contributed by atoms with Crippen LogP contribution in [0.5, 0.6) is 5.75 Å². The van der Waals surface area contributed by atoms with Gasteiger partial charge in [0.25, 0.3) is 0 Å². The van der Waals surface area contributed by atoms with Crippen molar-refractivity contribution in [2.45, 2.75) is 6.92 Å². The number of para-hydroxylation sites is 1. The maximum Gasteiger partial charge on any atom is 0.183 e. The second kappa shape index (κ2) is 5.18. The predicted octanol–water partition coefficient (Wildman–Crippen LogP) is 3.06. The van der Waals surface area contributed by atoms with Crippen molar-refractivity contribution in [3.05, 3.63) is 29.1 Å². The minimum absolute atomic E-state index is 0.00917. The van der Waals surface area contributed by atoms with Crippen molar-refractivity contribution in [1.82, 2.24) is 4.98 Å². The Bertz CT molecular complexity index is 578. The van der Waals surface area contributed by atoms with E-state index >= 15 is 0 Å². The Balaban J connectivity index is 2.62. The van der Waals surface area contributed by atoms with Gasteiger partial charge in [-0.3, -0.25) is 4.79 Å². The zero-order valence-corrected chi connectivity index (χ0v) is 11.3. The summed E-state index contributed by atoms with van der Waals surface area (Å²) in [6.07, 6.45) is 0. The number of aromatic nitrogens is 1. The molecule has 4 nitrogen and oxygen atoms in total. The molecule has 0 fully saturated rings. The predicted molar refractivity (Wildman–Crippen MR) is 73.7 cm³/mol. The molecule has 0 radical (unpaired) electrons. The molecule has 0 atom stereocenters. The number of hydrogen-bond acceptors (Lipinski definition) is 5. The van der Waals surface area contributed by atoms with E-state index in [2.05, 4.69) is 10.3 Å². The summed E-state index contributed by atoms with van der Waals surface area (Å²) in [4.78, 5) is 16.7. The van der Waals surface area contributed by atoms with Crippen LogP contribution < -0.4 is 10.1 Å². The third-order valence-electron chi connectivity index (χ3n) is 2.52. The van der Waals surface area contributed by atoms with E-state index in [1.54, 1.807) is 21.1 Å². The van der Waals surface area contributed by atoms with E-state index in [-0.39, 0.29) is 5.78 Å². The monoisotopic (exact) mass is 262 g/mol. The first kappa shape index (κ1) is 12.6. The van der Waals surface area contributed by atoms with Crippen LogP contribution in [0.15, 0.2) is 24.3 Å². The lowest BCUT2D eigenvalue weighted by Gasteiger charge is -2.06. The number of nitrogens with one attached hydrogen (secondary N) is 1. The van der Waals surface area contributed by atoms with Gasteiger partial charge in [0, 0.05) is 19.5 Å². The highest BCUT2D eigenvalue weighted by Gasteiger charge is 2.18. The number of methoxy groups -OCH3 is 1. The van der Waals surface area contributed by atoms with Gasteiger partial charge in [-0.2, -0.15) is 0 Å². The first-order valence-electron chi connectivity index (χ1n) is 5.50. The minimum atomic E-state index is 0.00917. The molecule has 0 saturated carbocycles. The van der Waals surface area contributed by atoms with Crippen molar-refractivity contribution in [3.63, 3.8) is 0 Å². The Kier molecular flexibility index (Phi) is 3.62. The first-order valence-corrected chi connectivity index (χ1v) is 6.32. The number of carbonyl (C=O) groups excluding carboxylic acids is 1. The molecule has 0 spiro atoms. The molecule has 1 heterocycles. The second-order valence-electron chi connectivity index (χ2n) is 3.70. The fraction of sp³-hybridized carbons (Fsp3) is 0.231. The molecular weight excluding hydrogens is 248 g/mol. The van der Waals surface area contributed by atoms with Gasteiger partial charge in [-0.25, -0.2) is 4.98 Å². The number of thiazole rings is 1. The molecule has 0 bridgehead atoms. The first-order chi connectivity index (χ1) is 8.67. The Morgan fingerprint density at radius 2 is 2.11 bits per heavy atom. The highest BCUT2D eigenvalue weighted by atomic mass is 32.1. The van der Waals surface area contributed by atoms with Crippen LogP contribution in [0.1, 0.15) is 16.6 Å². The summed E-state index contributed by atoms with van der Waals surface area (Å²) in [7, 11) is 3.40. The lowest BCUT2D eigenvalue weighted by molar-refractivity contribution is 0.102. The van der Waals surface area contributed by atoms with Gasteiger partial charge in [0.1, 0.15) is 5.75 Å². The third kappa shape index (κ3) is 2.22. The Hall–Kier alpha value is -1.88. The SMILES string of the molecule is CNc1nc(-c2ccccc2OC)c(C(C)=O)s1. The molecule has 5 heteroatoms. The van der Waals surface area contributed by atoms with E-state index in [0.29, 0.717) is 16.3 Å². The number of benzene rings is 1. The van der Waals surface area contributed by atoms with Gasteiger partial charge in [0.05, 0.1) is 17.7 Å². The maximum atomic E-state index is 11.7. The molecule has 0 aliphatic heterocycles. The highest BCUT2D eigenvalue weighted by Crippen LogP contribution is 2.36. The molecule has 2 aromatic rings. The van der Waals surface area contributed by atoms with Crippen LogP contribution in [0.4, 0.5) is 5.13 Å². The molecule has 1 aromatic heterocycles. The van der Waals surface area contributed by atoms with Crippen LogP contribution in [0.3, 0.4) is 0 Å². The Morgan fingerprint density at radius 3 is 2.72 bits per heavy atom. The molecule has 0 amide bonds. The number of anilines is 1. The molecule has 0 saturated heterocycles. The average molecular weight is 262 g/mol. The summed E-state index contributed by atoms with van der Waals surface area (Å²) >= 11 is 1.35. The molecule has 1 N–H and O–H groups in total. The zero-order valence-electron chi connectivity index (χ0n) is 10.5. The van der Waals surface area contributed by atoms with E-state index in [9.17, 15) is 4.79 Å². The van der Waals surface area contributed by atoms with Crippen LogP contribution in [0.2, 0.25) is 0 Å². The summed E-state index contributed by atoms with van der Waals surface area (Å²) in [5, 5.41) is 3.69. The lowest BCUT2D eigenvalue weighted by atomic mass is 10.1. The number of rotatable bonds is 4. The van der Waals surface area contributed by atoms with Crippen molar-refractivity contribution in [1.29, 1.82) is 0 Å². The quantitative estimate of drug-likeness (QED) is 0.860. The number of ketones is 1. The van der Waals surface area contributed by atoms with Crippen molar-refractivity contribution < 1.29 is 9.53 Å². The fourth-order valence-electron chi connectivity index (χ4n) is 1.69. The number of ether oxygens (including phenoxy) is 1. The van der Waals surface area contributed by atoms with Gasteiger partial charge in [-0.05, 0) is 12.1 Å². The van der Waals surface area contributed by atoms with Gasteiger partial charge in [-0.1, -0.05) is 23.5 Å². The van der Waals surface area contributed by atoms with Gasteiger partial charge in [-0.15, -0.1) is 0 Å². The van der Waals surface area contributed by atoms with Crippen molar-refractivity contribution >= 4 is 22.3 Å². The van der Waals surface area contributed by atoms with Crippen molar-refractivity contribution in [3.8, 4) is 17.0 Å². The standard InChI is InChI=1S/C13H14N2O2S/c1-8(16)12-11(15-13(14-2)18-12)9-6-4-5-7-10(9)17-3/h4-7H,1-3H3,(H,14,15). The van der Waals surface area contributed by atoms with Gasteiger partial charge in [0.15, 0.2) is 10.9 Å². The van der Waals surface area contributed by atoms with Gasteiger partial charge < -0.3 is 10.1 Å². The fourth-order valence-corrected chi connectivity index (χ4v) is 2.52. The molecule has 0 aliphatic rings. The van der Waals surface area contributed by atoms with E-state index in [4.69, 9.17) is 4.74 Å². The minimum Gasteiger partial charge on any atom is -0.496 e. The van der Waals surface area contributed by atoms with E-state index in [0.717, 1.165) is 10.7 Å². The molecule has 94 valence electrons. The Morgan fingerprint density at radius 1 is 1.39 bits per heavy atom. The van der Waals surface area contributed by atoms with Crippen LogP contribution in [0.25, 0.3) is 11.3 Å². The highest BCUT2D eigenvalue weighted by molar-refractivity contribution is 7.18. The molecule has 0 aliphatic carbocycles. The Labute approximate surface area is 110 Å². The number of hydrogen-bond donors (Lipinski definition) is 1. The maximum absolute atomic E-state index is 11.7. The van der Waals surface area contributed by atoms with Gasteiger partial charge in [0.2, 0.25) is 0 Å². The normalized spacial score (nSPS) is 10.2. The largest absolute Gasteiger partial charge is 0.496 e. The summed E-state index contributed by atoms with van der Waals surface area (Å²) in [5.41, 5.74) is 1.51. The zero-order chi connectivity index (χ0) is 13.1. The molecule has 2 rings (SSSR count). The van der Waals surface area contributed by atoms with Crippen molar-refractivity contribution in [2.75, 3.05) is 19.5 Å². The lowest BCUT2D eigenvalue weighted by Crippen LogP contribution is -1.94. The third-order valence-corrected chi connectivity index (χ3v) is 3.70. The smallest absolute Gasteiger partial charge is 0.183 e. The van der Waals surface area contributed by atoms with E-state index in [1.807, 2.05) is 24.3 Å². The van der Waals surface area contributed by atoms with E-state index in [1.165, 1.54) is 11.3 Å². The second-order valence-corrected chi connectivity index (χ2v) is 4.70. The molecule has 0 unspecified atom stereocenters. The van der Waals surface area contributed by atoms with E-state index < -0.39 is 0 Å². The number of nitrogens with zero attached hydrogens (tertiary/aromatic N) is 1. The average Bonchev–Trinajstić information content (AvgIpc) is 2.83. The topological polar surface area (TPSA) is 51.2 Å². The van der Waals surface area contributed by atoms with Crippen molar-refractivity contribution in [2.24, 2.45) is 0 Å². The summed E-state index contributed by atoms with van der Waals surface area (Å²) in [6, 6.07) is 7.55.